The van der Waals surface area contributed by atoms with Crippen LogP contribution in [0.2, 0.25) is 0 Å². The van der Waals surface area contributed by atoms with Crippen LogP contribution in [0.4, 0.5) is 8.78 Å². The van der Waals surface area contributed by atoms with Gasteiger partial charge in [0.05, 0.1) is 0 Å². The molecule has 0 aromatic heterocycles. The summed E-state index contributed by atoms with van der Waals surface area (Å²) in [6.07, 6.45) is 0.474. The van der Waals surface area contributed by atoms with Crippen LogP contribution in [0.3, 0.4) is 0 Å². The summed E-state index contributed by atoms with van der Waals surface area (Å²) in [5, 5.41) is 0. The molecule has 8 heteroatoms. The molecule has 0 radical (unpaired) electrons. The van der Waals surface area contributed by atoms with E-state index in [1.807, 2.05) is 30.3 Å². The summed E-state index contributed by atoms with van der Waals surface area (Å²) in [5.74, 6) is -1.87. The highest BCUT2D eigenvalue weighted by Crippen LogP contribution is 2.22. The summed E-state index contributed by atoms with van der Waals surface area (Å²) in [4.78, 5) is -0.525. The van der Waals surface area contributed by atoms with Crippen molar-refractivity contribution >= 4 is 22.4 Å². The average molecular weight is 391 g/mol. The van der Waals surface area contributed by atoms with Crippen molar-refractivity contribution in [2.75, 3.05) is 19.6 Å². The first-order valence-electron chi connectivity index (χ1n) is 7.56. The van der Waals surface area contributed by atoms with Gasteiger partial charge in [0.2, 0.25) is 10.0 Å². The maximum atomic E-state index is 14.0. The standard InChI is InChI=1S/C17H20F2N2O2S.ClH/c1-13-11-17(16(19)12-15(13)18)24(22,23)21(10-8-20)9-7-14-5-3-2-4-6-14;/h2-6,11-12H,7-10,20H2,1H3;1H. The topological polar surface area (TPSA) is 63.4 Å². The lowest BCUT2D eigenvalue weighted by atomic mass is 10.1. The van der Waals surface area contributed by atoms with E-state index in [0.717, 1.165) is 15.9 Å². The van der Waals surface area contributed by atoms with E-state index < -0.39 is 26.6 Å². The van der Waals surface area contributed by atoms with Gasteiger partial charge < -0.3 is 5.73 Å². The molecule has 4 nitrogen and oxygen atoms in total. The summed E-state index contributed by atoms with van der Waals surface area (Å²) >= 11 is 0. The molecule has 2 rings (SSSR count). The Kier molecular flexibility index (Phi) is 7.95. The molecular formula is C17H21ClF2N2O2S. The van der Waals surface area contributed by atoms with E-state index in [-0.39, 0.29) is 37.6 Å². The van der Waals surface area contributed by atoms with E-state index >= 15 is 0 Å². The zero-order chi connectivity index (χ0) is 17.7. The Hall–Kier alpha value is -1.54. The SMILES string of the molecule is Cc1cc(S(=O)(=O)N(CCN)CCc2ccccc2)c(F)cc1F.Cl. The van der Waals surface area contributed by atoms with Crippen molar-refractivity contribution in [1.82, 2.24) is 4.31 Å². The fraction of sp³-hybridized carbons (Fsp3) is 0.294. The van der Waals surface area contributed by atoms with Crippen molar-refractivity contribution in [2.45, 2.75) is 18.2 Å². The lowest BCUT2D eigenvalue weighted by Gasteiger charge is -2.22. The third-order valence-electron chi connectivity index (χ3n) is 3.70. The molecule has 0 fully saturated rings. The minimum atomic E-state index is -4.09. The van der Waals surface area contributed by atoms with Crippen molar-refractivity contribution in [3.05, 3.63) is 65.2 Å². The van der Waals surface area contributed by atoms with Crippen LogP contribution in [0, 0.1) is 18.6 Å². The van der Waals surface area contributed by atoms with E-state index in [4.69, 9.17) is 5.73 Å². The van der Waals surface area contributed by atoms with Gasteiger partial charge in [-0.1, -0.05) is 30.3 Å². The predicted octanol–water partition coefficient (Wildman–Crippen LogP) is 2.89. The number of nitrogens with zero attached hydrogens (tertiary/aromatic N) is 1. The Bertz CT molecular complexity index is 802. The number of sulfonamides is 1. The molecule has 138 valence electrons. The highest BCUT2D eigenvalue weighted by molar-refractivity contribution is 7.89. The number of nitrogens with two attached hydrogens (primary N) is 1. The third kappa shape index (κ3) is 5.22. The van der Waals surface area contributed by atoms with Gasteiger partial charge >= 0.3 is 0 Å². The molecular weight excluding hydrogens is 370 g/mol. The third-order valence-corrected chi connectivity index (χ3v) is 5.62. The quantitative estimate of drug-likeness (QED) is 0.790. The molecule has 2 N–H and O–H groups in total. The fourth-order valence-corrected chi connectivity index (χ4v) is 3.95. The number of halogens is 3. The highest BCUT2D eigenvalue weighted by Gasteiger charge is 2.27. The monoisotopic (exact) mass is 390 g/mol. The van der Waals surface area contributed by atoms with Crippen molar-refractivity contribution in [1.29, 1.82) is 0 Å². The Morgan fingerprint density at radius 1 is 1.04 bits per heavy atom. The van der Waals surface area contributed by atoms with Crippen molar-refractivity contribution in [3.8, 4) is 0 Å². The Morgan fingerprint density at radius 2 is 1.68 bits per heavy atom. The Labute approximate surface area is 153 Å². The van der Waals surface area contributed by atoms with Crippen molar-refractivity contribution < 1.29 is 17.2 Å². The van der Waals surface area contributed by atoms with Crippen LogP contribution in [0.1, 0.15) is 11.1 Å². The van der Waals surface area contributed by atoms with Gasteiger partial charge in [0.25, 0.3) is 0 Å². The Balaban J connectivity index is 0.00000312. The molecule has 0 aliphatic carbocycles. The van der Waals surface area contributed by atoms with Crippen LogP contribution in [0.5, 0.6) is 0 Å². The molecule has 0 aliphatic heterocycles. The van der Waals surface area contributed by atoms with Gasteiger partial charge in [-0.2, -0.15) is 4.31 Å². The van der Waals surface area contributed by atoms with Crippen LogP contribution in [-0.4, -0.2) is 32.4 Å². The zero-order valence-electron chi connectivity index (χ0n) is 13.8. The van der Waals surface area contributed by atoms with Crippen molar-refractivity contribution in [2.24, 2.45) is 5.73 Å². The second kappa shape index (κ2) is 9.24. The highest BCUT2D eigenvalue weighted by atomic mass is 35.5. The zero-order valence-corrected chi connectivity index (χ0v) is 15.4. The second-order valence-corrected chi connectivity index (χ2v) is 7.37. The molecule has 0 bridgehead atoms. The molecule has 0 atom stereocenters. The minimum Gasteiger partial charge on any atom is -0.329 e. The Morgan fingerprint density at radius 3 is 2.28 bits per heavy atom. The number of hydrogen-bond donors (Lipinski definition) is 1. The van der Waals surface area contributed by atoms with Gasteiger partial charge in [0.15, 0.2) is 0 Å². The van der Waals surface area contributed by atoms with Gasteiger partial charge in [0.1, 0.15) is 16.5 Å². The van der Waals surface area contributed by atoms with Crippen LogP contribution in [0.15, 0.2) is 47.4 Å². The van der Waals surface area contributed by atoms with Gasteiger partial charge in [-0.3, -0.25) is 0 Å². The first kappa shape index (κ1) is 21.5. The molecule has 0 aliphatic rings. The van der Waals surface area contributed by atoms with Crippen LogP contribution < -0.4 is 5.73 Å². The van der Waals surface area contributed by atoms with Crippen LogP contribution in [-0.2, 0) is 16.4 Å². The molecule has 0 heterocycles. The molecule has 0 spiro atoms. The smallest absolute Gasteiger partial charge is 0.246 e. The van der Waals surface area contributed by atoms with Gasteiger partial charge in [-0.25, -0.2) is 17.2 Å². The summed E-state index contributed by atoms with van der Waals surface area (Å²) in [5.41, 5.74) is 6.54. The molecule has 2 aromatic rings. The molecule has 25 heavy (non-hydrogen) atoms. The number of benzene rings is 2. The summed E-state index contributed by atoms with van der Waals surface area (Å²) < 4.78 is 54.0. The lowest BCUT2D eigenvalue weighted by Crippen LogP contribution is -2.37. The van der Waals surface area contributed by atoms with Crippen LogP contribution >= 0.6 is 12.4 Å². The molecule has 0 saturated heterocycles. The number of hydrogen-bond acceptors (Lipinski definition) is 3. The first-order chi connectivity index (χ1) is 11.4. The van der Waals surface area contributed by atoms with Gasteiger partial charge in [-0.15, -0.1) is 12.4 Å². The molecule has 0 saturated carbocycles. The summed E-state index contributed by atoms with van der Waals surface area (Å²) in [6, 6.07) is 11.0. The predicted molar refractivity (Wildman–Crippen MR) is 96.3 cm³/mol. The van der Waals surface area contributed by atoms with E-state index in [1.165, 1.54) is 6.92 Å². The number of rotatable bonds is 7. The largest absolute Gasteiger partial charge is 0.329 e. The second-order valence-electron chi connectivity index (χ2n) is 5.46. The summed E-state index contributed by atoms with van der Waals surface area (Å²) in [7, 11) is -4.09. The normalized spacial score (nSPS) is 11.4. The van der Waals surface area contributed by atoms with E-state index in [2.05, 4.69) is 0 Å². The van der Waals surface area contributed by atoms with Crippen molar-refractivity contribution in [3.63, 3.8) is 0 Å². The summed E-state index contributed by atoms with van der Waals surface area (Å²) in [6.45, 7) is 1.73. The molecule has 0 unspecified atom stereocenters. The molecule has 0 amide bonds. The van der Waals surface area contributed by atoms with Gasteiger partial charge in [0, 0.05) is 25.7 Å². The minimum absolute atomic E-state index is 0. The lowest BCUT2D eigenvalue weighted by molar-refractivity contribution is 0.417. The van der Waals surface area contributed by atoms with Crippen LogP contribution in [0.25, 0.3) is 0 Å². The van der Waals surface area contributed by atoms with E-state index in [0.29, 0.717) is 12.5 Å². The average Bonchev–Trinajstić information content (AvgIpc) is 2.55. The maximum Gasteiger partial charge on any atom is 0.246 e. The number of aryl methyl sites for hydroxylation is 1. The van der Waals surface area contributed by atoms with Gasteiger partial charge in [-0.05, 0) is 30.5 Å². The fourth-order valence-electron chi connectivity index (χ4n) is 2.36. The van der Waals surface area contributed by atoms with E-state index in [1.54, 1.807) is 0 Å². The maximum absolute atomic E-state index is 14.0. The first-order valence-corrected chi connectivity index (χ1v) is 9.00. The molecule has 2 aromatic carbocycles. The van der Waals surface area contributed by atoms with E-state index in [9.17, 15) is 17.2 Å².